The molecule has 0 aliphatic carbocycles. The summed E-state index contributed by atoms with van der Waals surface area (Å²) in [5, 5.41) is 0. The lowest BCUT2D eigenvalue weighted by Gasteiger charge is -2.11. The third kappa shape index (κ3) is 2.57. The van der Waals surface area contributed by atoms with Crippen LogP contribution in [0.2, 0.25) is 0 Å². The van der Waals surface area contributed by atoms with Crippen molar-refractivity contribution < 1.29 is 23.2 Å². The largest absolute Gasteiger partial charge is 0.479 e. The summed E-state index contributed by atoms with van der Waals surface area (Å²) in [5.74, 6) is 3.25. The molecule has 0 spiro atoms. The summed E-state index contributed by atoms with van der Waals surface area (Å²) in [6, 6.07) is 19.4. The van der Waals surface area contributed by atoms with Crippen LogP contribution in [0.3, 0.4) is 0 Å². The number of hydrogen-bond donors (Lipinski definition) is 0. The Kier molecular flexibility index (Phi) is 3.61. The summed E-state index contributed by atoms with van der Waals surface area (Å²) >= 11 is 1.62. The van der Waals surface area contributed by atoms with Crippen molar-refractivity contribution in [3.05, 3.63) is 71.8 Å². The molecule has 0 N–H and O–H groups in total. The lowest BCUT2D eigenvalue weighted by Crippen LogP contribution is -2.07. The van der Waals surface area contributed by atoms with Gasteiger partial charge in [-0.25, -0.2) is 0 Å². The van der Waals surface area contributed by atoms with E-state index in [1.807, 2.05) is 60.7 Å². The highest BCUT2D eigenvalue weighted by molar-refractivity contribution is 7.99. The quantitative estimate of drug-likeness (QED) is 0.605. The van der Waals surface area contributed by atoms with E-state index < -0.39 is 17.1 Å². The van der Waals surface area contributed by atoms with Gasteiger partial charge in [0.25, 0.3) is 6.29 Å². The number of fused-ring (bicyclic) bond motifs is 3. The predicted molar refractivity (Wildman–Crippen MR) is 104 cm³/mol. The Balaban J connectivity index is 1.25. The molecule has 3 aromatic carbocycles. The van der Waals surface area contributed by atoms with E-state index >= 15 is 0 Å². The number of ether oxygens (including phenoxy) is 4. The summed E-state index contributed by atoms with van der Waals surface area (Å²) in [6.07, 6.45) is -0.457. The second-order valence-electron chi connectivity index (χ2n) is 6.60. The second kappa shape index (κ2) is 6.18. The maximum Gasteiger partial charge on any atom is 0.268 e. The molecule has 6 rings (SSSR count). The molecule has 0 fully saturated rings. The molecule has 28 heavy (non-hydrogen) atoms. The van der Waals surface area contributed by atoms with Gasteiger partial charge in [-0.05, 0) is 42.5 Å². The third-order valence-corrected chi connectivity index (χ3v) is 7.13. The lowest BCUT2D eigenvalue weighted by atomic mass is 10.2. The highest BCUT2D eigenvalue weighted by atomic mass is 32.2. The molecule has 2 unspecified atom stereocenters. The predicted octanol–water partition coefficient (Wildman–Crippen LogP) is 4.80. The Labute approximate surface area is 168 Å². The zero-order chi connectivity index (χ0) is 18.7. The number of thioether (sulfide) groups is 1. The van der Waals surface area contributed by atoms with Crippen LogP contribution in [0.5, 0.6) is 23.0 Å². The van der Waals surface area contributed by atoms with Gasteiger partial charge in [0, 0.05) is 11.1 Å². The molecule has 2 atom stereocenters. The number of hydrogen-bond acceptors (Lipinski definition) is 6. The molecule has 0 aromatic heterocycles. The zero-order valence-electron chi connectivity index (χ0n) is 14.5. The second-order valence-corrected chi connectivity index (χ2v) is 9.07. The van der Waals surface area contributed by atoms with Gasteiger partial charge in [0.05, 0.1) is 20.6 Å². The molecule has 3 aliphatic heterocycles. The highest BCUT2D eigenvalue weighted by Crippen LogP contribution is 2.51. The minimum Gasteiger partial charge on any atom is -0.479 e. The van der Waals surface area contributed by atoms with Crippen LogP contribution in [0, 0.1) is 0 Å². The Bertz CT molecular complexity index is 1100. The molecular formula is C21H14O5S2. The van der Waals surface area contributed by atoms with Crippen LogP contribution in [0.25, 0.3) is 0 Å². The summed E-state index contributed by atoms with van der Waals surface area (Å²) in [4.78, 5) is 1.77. The van der Waals surface area contributed by atoms with Crippen LogP contribution in [0.1, 0.15) is 22.9 Å². The first-order chi connectivity index (χ1) is 13.7. The summed E-state index contributed by atoms with van der Waals surface area (Å²) < 4.78 is 35.4. The molecule has 3 aliphatic rings. The summed E-state index contributed by atoms with van der Waals surface area (Å²) in [7, 11) is -1.10. The van der Waals surface area contributed by atoms with Crippen LogP contribution in [0.15, 0.2) is 70.5 Å². The van der Waals surface area contributed by atoms with E-state index in [0.717, 1.165) is 38.2 Å². The first kappa shape index (κ1) is 16.3. The van der Waals surface area contributed by atoms with Gasteiger partial charge in [-0.2, -0.15) is 0 Å². The Hall–Kier alpha value is -2.64. The monoisotopic (exact) mass is 410 g/mol. The molecule has 140 valence electrons. The van der Waals surface area contributed by atoms with Crippen LogP contribution < -0.4 is 18.9 Å². The third-order valence-electron chi connectivity index (χ3n) is 4.83. The molecule has 0 saturated carbocycles. The average molecular weight is 410 g/mol. The zero-order valence-corrected chi connectivity index (χ0v) is 16.1. The van der Waals surface area contributed by atoms with Gasteiger partial charge >= 0.3 is 0 Å². The summed E-state index contributed by atoms with van der Waals surface area (Å²) in [6.45, 7) is 0. The molecular weight excluding hydrogens is 396 g/mol. The standard InChI is InChI=1S/C21H14O5S2/c22-28-11-23-17-8-6-13(10-19(17)28)21-26-16-7-5-12(9-18(16)27-21)20-24-14-3-1-2-4-15(14)25-20/h1-10,20-21H,11H2. The van der Waals surface area contributed by atoms with E-state index in [0.29, 0.717) is 5.75 Å². The molecule has 0 amide bonds. The Morgan fingerprint density at radius 3 is 2.39 bits per heavy atom. The Morgan fingerprint density at radius 2 is 1.57 bits per heavy atom. The fourth-order valence-electron chi connectivity index (χ4n) is 3.44. The van der Waals surface area contributed by atoms with Crippen molar-refractivity contribution in [1.82, 2.24) is 0 Å². The van der Waals surface area contributed by atoms with Gasteiger partial charge in [-0.15, -0.1) is 0 Å². The number of benzene rings is 3. The molecule has 0 saturated heterocycles. The first-order valence-corrected chi connectivity index (χ1v) is 11.0. The molecule has 5 nitrogen and oxygen atoms in total. The van der Waals surface area contributed by atoms with Crippen molar-refractivity contribution in [2.45, 2.75) is 21.5 Å². The van der Waals surface area contributed by atoms with Gasteiger partial charge in [-0.1, -0.05) is 30.0 Å². The molecule has 0 bridgehead atoms. The van der Waals surface area contributed by atoms with Crippen LogP contribution in [-0.4, -0.2) is 10.1 Å². The van der Waals surface area contributed by atoms with Gasteiger partial charge < -0.3 is 18.9 Å². The molecule has 3 aromatic rings. The Morgan fingerprint density at radius 1 is 0.821 bits per heavy atom. The minimum absolute atomic E-state index is 0.184. The lowest BCUT2D eigenvalue weighted by molar-refractivity contribution is 0.0485. The number of rotatable bonds is 2. The smallest absolute Gasteiger partial charge is 0.268 e. The van der Waals surface area contributed by atoms with Crippen molar-refractivity contribution in [1.29, 1.82) is 0 Å². The van der Waals surface area contributed by atoms with E-state index in [9.17, 15) is 4.21 Å². The van der Waals surface area contributed by atoms with Crippen molar-refractivity contribution in [2.24, 2.45) is 0 Å². The minimum atomic E-state index is -1.10. The molecule has 0 radical (unpaired) electrons. The first-order valence-electron chi connectivity index (χ1n) is 8.79. The van der Waals surface area contributed by atoms with E-state index in [4.69, 9.17) is 18.9 Å². The van der Waals surface area contributed by atoms with E-state index in [-0.39, 0.29) is 11.4 Å². The maximum absolute atomic E-state index is 12.0. The molecule has 3 heterocycles. The van der Waals surface area contributed by atoms with Gasteiger partial charge in [0.15, 0.2) is 22.9 Å². The van der Waals surface area contributed by atoms with E-state index in [1.54, 1.807) is 11.8 Å². The van der Waals surface area contributed by atoms with E-state index in [1.165, 1.54) is 0 Å². The van der Waals surface area contributed by atoms with Gasteiger partial charge in [0.1, 0.15) is 11.5 Å². The van der Waals surface area contributed by atoms with E-state index in [2.05, 4.69) is 0 Å². The number of para-hydroxylation sites is 2. The fourth-order valence-corrected chi connectivity index (χ4v) is 5.52. The highest BCUT2D eigenvalue weighted by Gasteiger charge is 2.31. The van der Waals surface area contributed by atoms with Gasteiger partial charge in [-0.3, -0.25) is 4.21 Å². The maximum atomic E-state index is 12.0. The van der Waals surface area contributed by atoms with Crippen molar-refractivity contribution in [3.63, 3.8) is 0 Å². The average Bonchev–Trinajstić information content (AvgIpc) is 3.43. The van der Waals surface area contributed by atoms with Gasteiger partial charge in [0.2, 0.25) is 0 Å². The van der Waals surface area contributed by atoms with Crippen molar-refractivity contribution in [3.8, 4) is 23.0 Å². The molecule has 7 heteroatoms. The van der Waals surface area contributed by atoms with Crippen LogP contribution in [-0.2, 0) is 10.8 Å². The SMILES string of the molecule is O=S1COc2ccc(C3Oc4ccc(C5Oc6ccccc6O5)cc4S3)cc21. The topological polar surface area (TPSA) is 54.0 Å². The van der Waals surface area contributed by atoms with Crippen LogP contribution >= 0.6 is 11.8 Å². The van der Waals surface area contributed by atoms with Crippen molar-refractivity contribution in [2.75, 3.05) is 5.94 Å². The van der Waals surface area contributed by atoms with Crippen molar-refractivity contribution >= 4 is 22.6 Å². The van der Waals surface area contributed by atoms with Crippen LogP contribution in [0.4, 0.5) is 0 Å². The summed E-state index contributed by atoms with van der Waals surface area (Å²) in [5.41, 5.74) is 1.73. The normalized spacial score (nSPS) is 21.7. The fraction of sp³-hybridized carbons (Fsp3) is 0.143.